The molecule has 0 aromatic carbocycles. The van der Waals surface area contributed by atoms with Gasteiger partial charge in [-0.15, -0.1) is 23.2 Å². The summed E-state index contributed by atoms with van der Waals surface area (Å²) < 4.78 is 27.1. The molecule has 3 rings (SSSR count). The van der Waals surface area contributed by atoms with Gasteiger partial charge in [-0.2, -0.15) is 0 Å². The normalized spacial score (nSPS) is 46.0. The molecule has 1 spiro atoms. The molecule has 0 N–H and O–H groups in total. The molecule has 3 aliphatic rings. The highest BCUT2D eigenvalue weighted by Crippen LogP contribution is 2.72. The molecular formula is C15H20Cl2O7. The van der Waals surface area contributed by atoms with Gasteiger partial charge in [0, 0.05) is 27.8 Å². The summed E-state index contributed by atoms with van der Waals surface area (Å²) in [4.78, 5) is 22.3. The zero-order valence-corrected chi connectivity index (χ0v) is 15.4. The molecular weight excluding hydrogens is 363 g/mol. The number of carbonyl (C=O) groups excluding carboxylic acids is 2. The smallest absolute Gasteiger partial charge is 0.311 e. The molecule has 9 heteroatoms. The molecule has 5 atom stereocenters. The lowest BCUT2D eigenvalue weighted by molar-refractivity contribution is -0.232. The van der Waals surface area contributed by atoms with E-state index in [0.717, 1.165) is 0 Å². The fraction of sp³-hybridized carbons (Fsp3) is 0.867. The minimum Gasteiger partial charge on any atom is -0.469 e. The van der Waals surface area contributed by atoms with E-state index in [9.17, 15) is 9.59 Å². The van der Waals surface area contributed by atoms with E-state index in [4.69, 9.17) is 46.9 Å². The first-order valence-corrected chi connectivity index (χ1v) is 8.28. The second-order valence-corrected chi connectivity index (χ2v) is 7.59. The number of halogens is 2. The number of hydrogen-bond donors (Lipinski definition) is 0. The molecule has 1 aliphatic heterocycles. The molecule has 0 radical (unpaired) electrons. The Morgan fingerprint density at radius 2 is 1.79 bits per heavy atom. The summed E-state index contributed by atoms with van der Waals surface area (Å²) >= 11 is 13.7. The van der Waals surface area contributed by atoms with Gasteiger partial charge in [0.1, 0.15) is 4.87 Å². The third-order valence-electron chi connectivity index (χ3n) is 5.73. The lowest BCUT2D eigenvalue weighted by atomic mass is 9.75. The van der Waals surface area contributed by atoms with Crippen LogP contribution < -0.4 is 0 Å². The van der Waals surface area contributed by atoms with Crippen molar-refractivity contribution in [1.29, 1.82) is 0 Å². The van der Waals surface area contributed by atoms with Gasteiger partial charge in [-0.1, -0.05) is 0 Å². The summed E-state index contributed by atoms with van der Waals surface area (Å²) in [6, 6.07) is 0. The number of alkyl halides is 2. The van der Waals surface area contributed by atoms with Crippen LogP contribution in [0.15, 0.2) is 0 Å². The van der Waals surface area contributed by atoms with E-state index in [1.54, 1.807) is 0 Å². The van der Waals surface area contributed by atoms with Crippen LogP contribution in [0.4, 0.5) is 0 Å². The molecule has 2 bridgehead atoms. The standard InChI is InChI=1S/C15H20Cl2O7/c1-20-8-5-12(24-7-8)11(19)14(17)9(10(18)21-2)6-13(12,16)15(14,22-3)23-4/h8-9H,5-7H2,1-4H3/t8-,9-,12-,13-,14+/m0/s1. The van der Waals surface area contributed by atoms with Crippen LogP contribution in [0.3, 0.4) is 0 Å². The predicted molar refractivity (Wildman–Crippen MR) is 83.1 cm³/mol. The van der Waals surface area contributed by atoms with Crippen molar-refractivity contribution in [3.8, 4) is 0 Å². The van der Waals surface area contributed by atoms with Crippen LogP contribution in [0.1, 0.15) is 12.8 Å². The van der Waals surface area contributed by atoms with E-state index in [1.165, 1.54) is 28.4 Å². The molecule has 0 aromatic heterocycles. The Morgan fingerprint density at radius 1 is 1.17 bits per heavy atom. The lowest BCUT2D eigenvalue weighted by Crippen LogP contribution is -2.60. The number of hydrogen-bond acceptors (Lipinski definition) is 7. The van der Waals surface area contributed by atoms with E-state index in [0.29, 0.717) is 0 Å². The maximum absolute atomic E-state index is 13.4. The molecule has 1 saturated heterocycles. The molecule has 0 unspecified atom stereocenters. The van der Waals surface area contributed by atoms with Crippen LogP contribution in [-0.4, -0.2) is 74.0 Å². The van der Waals surface area contributed by atoms with E-state index < -0.39 is 38.8 Å². The number of Topliss-reactive ketones (excluding diaryl/α,β-unsaturated/α-hetero) is 1. The second kappa shape index (κ2) is 5.53. The maximum Gasteiger partial charge on any atom is 0.311 e. The van der Waals surface area contributed by atoms with Gasteiger partial charge in [0.25, 0.3) is 0 Å². The van der Waals surface area contributed by atoms with Crippen LogP contribution in [0.2, 0.25) is 0 Å². The first-order chi connectivity index (χ1) is 11.2. The first-order valence-electron chi connectivity index (χ1n) is 7.52. The van der Waals surface area contributed by atoms with Crippen molar-refractivity contribution in [2.24, 2.45) is 5.92 Å². The second-order valence-electron chi connectivity index (χ2n) is 6.35. The zero-order chi connectivity index (χ0) is 18.0. The fourth-order valence-corrected chi connectivity index (χ4v) is 6.00. The molecule has 2 saturated carbocycles. The number of rotatable bonds is 4. The summed E-state index contributed by atoms with van der Waals surface area (Å²) in [5.41, 5.74) is -1.45. The van der Waals surface area contributed by atoms with Gasteiger partial charge in [-0.25, -0.2) is 0 Å². The van der Waals surface area contributed by atoms with Gasteiger partial charge < -0.3 is 23.7 Å². The zero-order valence-electron chi connectivity index (χ0n) is 13.9. The van der Waals surface area contributed by atoms with Crippen molar-refractivity contribution < 1.29 is 33.3 Å². The van der Waals surface area contributed by atoms with Crippen molar-refractivity contribution in [1.82, 2.24) is 0 Å². The van der Waals surface area contributed by atoms with Crippen LogP contribution in [-0.2, 0) is 33.3 Å². The van der Waals surface area contributed by atoms with Crippen molar-refractivity contribution in [3.05, 3.63) is 0 Å². The number of methoxy groups -OCH3 is 4. The lowest BCUT2D eigenvalue weighted by Gasteiger charge is -2.42. The van der Waals surface area contributed by atoms with E-state index in [2.05, 4.69) is 0 Å². The number of fused-ring (bicyclic) bond motifs is 3. The van der Waals surface area contributed by atoms with Crippen molar-refractivity contribution in [2.45, 2.75) is 40.1 Å². The average molecular weight is 383 g/mol. The van der Waals surface area contributed by atoms with Crippen LogP contribution in [0.25, 0.3) is 0 Å². The number of ether oxygens (including phenoxy) is 5. The molecule has 3 fully saturated rings. The van der Waals surface area contributed by atoms with Gasteiger partial charge in [0.15, 0.2) is 16.3 Å². The highest BCUT2D eigenvalue weighted by molar-refractivity contribution is 6.45. The van der Waals surface area contributed by atoms with Crippen LogP contribution in [0, 0.1) is 5.92 Å². The Hall–Kier alpha value is -0.440. The molecule has 24 heavy (non-hydrogen) atoms. The Morgan fingerprint density at radius 3 is 2.25 bits per heavy atom. The SMILES string of the molecule is COC(=O)[C@@H]1C[C@@]2(Cl)C(OC)(OC)[C@]1(Cl)C(=O)[C@@]21C[C@H](OC)CO1. The number of carbonyl (C=O) groups is 2. The van der Waals surface area contributed by atoms with Crippen LogP contribution in [0.5, 0.6) is 0 Å². The number of ketones is 1. The number of esters is 1. The highest BCUT2D eigenvalue weighted by atomic mass is 35.5. The predicted octanol–water partition coefficient (Wildman–Crippen LogP) is 0.880. The minimum absolute atomic E-state index is 0.0224. The van der Waals surface area contributed by atoms with Crippen molar-refractivity contribution >= 4 is 35.0 Å². The Balaban J connectivity index is 2.20. The van der Waals surface area contributed by atoms with Gasteiger partial charge in [-0.3, -0.25) is 9.59 Å². The fourth-order valence-electron chi connectivity index (χ4n) is 4.64. The van der Waals surface area contributed by atoms with Gasteiger partial charge in [-0.05, 0) is 6.42 Å². The quantitative estimate of drug-likeness (QED) is 0.405. The monoisotopic (exact) mass is 382 g/mol. The summed E-state index contributed by atoms with van der Waals surface area (Å²) in [5, 5.41) is 0. The topological polar surface area (TPSA) is 80.3 Å². The van der Waals surface area contributed by atoms with Crippen molar-refractivity contribution in [2.75, 3.05) is 35.0 Å². The van der Waals surface area contributed by atoms with Gasteiger partial charge >= 0.3 is 5.97 Å². The Labute approximate surface area is 149 Å². The summed E-state index contributed by atoms with van der Waals surface area (Å²) in [7, 11) is 5.43. The molecule has 0 aromatic rings. The minimum atomic E-state index is -1.85. The summed E-state index contributed by atoms with van der Waals surface area (Å²) in [5.74, 6) is -3.92. The highest BCUT2D eigenvalue weighted by Gasteiger charge is 2.93. The molecule has 1 heterocycles. The van der Waals surface area contributed by atoms with Crippen molar-refractivity contribution in [3.63, 3.8) is 0 Å². The largest absolute Gasteiger partial charge is 0.469 e. The van der Waals surface area contributed by atoms with Gasteiger partial charge in [0.2, 0.25) is 5.79 Å². The molecule has 7 nitrogen and oxygen atoms in total. The molecule has 2 aliphatic carbocycles. The first kappa shape index (κ1) is 18.4. The maximum atomic E-state index is 13.4. The summed E-state index contributed by atoms with van der Waals surface area (Å²) in [6.07, 6.45) is -0.0794. The Kier molecular flexibility index (Phi) is 4.23. The van der Waals surface area contributed by atoms with Crippen LogP contribution >= 0.6 is 23.2 Å². The summed E-state index contributed by atoms with van der Waals surface area (Å²) in [6.45, 7) is 0.191. The van der Waals surface area contributed by atoms with E-state index >= 15 is 0 Å². The van der Waals surface area contributed by atoms with E-state index in [1.807, 2.05) is 0 Å². The molecule has 136 valence electrons. The third kappa shape index (κ3) is 1.64. The third-order valence-corrected chi connectivity index (χ3v) is 7.12. The average Bonchev–Trinajstić information content (AvgIpc) is 3.14. The van der Waals surface area contributed by atoms with Gasteiger partial charge in [0.05, 0.1) is 25.7 Å². The Bertz CT molecular complexity index is 580. The van der Waals surface area contributed by atoms with E-state index in [-0.39, 0.29) is 25.6 Å². The molecule has 0 amide bonds.